The van der Waals surface area contributed by atoms with Gasteiger partial charge in [-0.05, 0) is 45.0 Å². The highest BCUT2D eigenvalue weighted by molar-refractivity contribution is 5.94. The molecule has 1 aliphatic rings. The van der Waals surface area contributed by atoms with Crippen molar-refractivity contribution in [1.82, 2.24) is 4.90 Å². The molecule has 1 fully saturated rings. The highest BCUT2D eigenvalue weighted by Gasteiger charge is 2.30. The molecule has 2 rings (SSSR count). The Hall–Kier alpha value is -2.08. The van der Waals surface area contributed by atoms with Crippen molar-refractivity contribution in [1.29, 1.82) is 0 Å². The molecule has 0 radical (unpaired) electrons. The maximum absolute atomic E-state index is 12.4. The number of piperidine rings is 1. The van der Waals surface area contributed by atoms with Crippen LogP contribution in [0.25, 0.3) is 0 Å². The van der Waals surface area contributed by atoms with E-state index in [0.717, 1.165) is 12.8 Å². The van der Waals surface area contributed by atoms with Gasteiger partial charge >= 0.3 is 5.97 Å². The molecule has 0 spiro atoms. The van der Waals surface area contributed by atoms with E-state index in [1.165, 1.54) is 7.11 Å². The first-order valence-electron chi connectivity index (χ1n) is 7.82. The molecule has 0 aliphatic carbocycles. The van der Waals surface area contributed by atoms with Gasteiger partial charge in [0.25, 0.3) is 0 Å². The number of amides is 1. The predicted molar refractivity (Wildman–Crippen MR) is 87.4 cm³/mol. The van der Waals surface area contributed by atoms with E-state index in [1.807, 2.05) is 25.1 Å². The van der Waals surface area contributed by atoms with Crippen LogP contribution in [0.2, 0.25) is 0 Å². The fraction of sp³-hybridized carbons (Fsp3) is 0.529. The van der Waals surface area contributed by atoms with Crippen molar-refractivity contribution in [2.75, 3.05) is 32.6 Å². The van der Waals surface area contributed by atoms with Crippen LogP contribution in [0, 0.1) is 5.92 Å². The first-order chi connectivity index (χ1) is 11.0. The van der Waals surface area contributed by atoms with Crippen LogP contribution in [0.3, 0.4) is 0 Å². The highest BCUT2D eigenvalue weighted by Crippen LogP contribution is 2.21. The van der Waals surface area contributed by atoms with Gasteiger partial charge in [-0.1, -0.05) is 6.07 Å². The Labute approximate surface area is 136 Å². The van der Waals surface area contributed by atoms with Crippen LogP contribution in [0.1, 0.15) is 19.8 Å². The fourth-order valence-corrected chi connectivity index (χ4v) is 2.80. The molecule has 23 heavy (non-hydrogen) atoms. The largest absolute Gasteiger partial charge is 0.497 e. The predicted octanol–water partition coefficient (Wildman–Crippen LogP) is 1.91. The Bertz CT molecular complexity index is 553. The molecule has 0 unspecified atom stereocenters. The summed E-state index contributed by atoms with van der Waals surface area (Å²) in [5.41, 5.74) is 0.714. The lowest BCUT2D eigenvalue weighted by Gasteiger charge is -2.34. The van der Waals surface area contributed by atoms with Crippen molar-refractivity contribution in [3.05, 3.63) is 24.3 Å². The lowest BCUT2D eigenvalue weighted by molar-refractivity contribution is -0.147. The Balaban J connectivity index is 1.89. The molecule has 6 nitrogen and oxygen atoms in total. The van der Waals surface area contributed by atoms with E-state index >= 15 is 0 Å². The van der Waals surface area contributed by atoms with Gasteiger partial charge in [-0.15, -0.1) is 0 Å². The van der Waals surface area contributed by atoms with Crippen molar-refractivity contribution in [3.63, 3.8) is 0 Å². The van der Waals surface area contributed by atoms with Gasteiger partial charge in [0.2, 0.25) is 5.91 Å². The van der Waals surface area contributed by atoms with E-state index in [0.29, 0.717) is 24.5 Å². The minimum absolute atomic E-state index is 0.0510. The number of likely N-dealkylation sites (tertiary alicyclic amines) is 1. The van der Waals surface area contributed by atoms with E-state index in [-0.39, 0.29) is 23.8 Å². The van der Waals surface area contributed by atoms with Crippen LogP contribution in [-0.4, -0.2) is 50.1 Å². The number of hydrogen-bond acceptors (Lipinski definition) is 5. The number of carbonyl (C=O) groups excluding carboxylic acids is 2. The van der Waals surface area contributed by atoms with Crippen molar-refractivity contribution < 1.29 is 19.1 Å². The zero-order valence-electron chi connectivity index (χ0n) is 13.9. The summed E-state index contributed by atoms with van der Waals surface area (Å²) < 4.78 is 9.94. The third-order valence-corrected chi connectivity index (χ3v) is 4.33. The third kappa shape index (κ3) is 4.45. The topological polar surface area (TPSA) is 67.9 Å². The Morgan fingerprint density at radius 1 is 1.26 bits per heavy atom. The normalized spacial score (nSPS) is 17.3. The summed E-state index contributed by atoms with van der Waals surface area (Å²) in [6.45, 7) is 3.31. The van der Waals surface area contributed by atoms with Gasteiger partial charge in [-0.25, -0.2) is 0 Å². The molecule has 1 saturated heterocycles. The summed E-state index contributed by atoms with van der Waals surface area (Å²) in [4.78, 5) is 26.0. The van der Waals surface area contributed by atoms with Crippen LogP contribution in [0.15, 0.2) is 24.3 Å². The van der Waals surface area contributed by atoms with Crippen molar-refractivity contribution in [2.45, 2.75) is 25.8 Å². The van der Waals surface area contributed by atoms with Gasteiger partial charge in [-0.2, -0.15) is 0 Å². The second kappa shape index (κ2) is 7.97. The zero-order valence-corrected chi connectivity index (χ0v) is 13.9. The maximum Gasteiger partial charge on any atom is 0.308 e. The first-order valence-corrected chi connectivity index (χ1v) is 7.82. The summed E-state index contributed by atoms with van der Waals surface area (Å²) in [5, 5.41) is 2.91. The molecule has 0 aromatic heterocycles. The molecule has 126 valence electrons. The Morgan fingerprint density at radius 2 is 1.96 bits per heavy atom. The van der Waals surface area contributed by atoms with Crippen molar-refractivity contribution >= 4 is 17.6 Å². The Morgan fingerprint density at radius 3 is 2.57 bits per heavy atom. The molecule has 1 aliphatic heterocycles. The minimum Gasteiger partial charge on any atom is -0.497 e. The van der Waals surface area contributed by atoms with E-state index in [9.17, 15) is 9.59 Å². The van der Waals surface area contributed by atoms with Gasteiger partial charge < -0.3 is 14.8 Å². The van der Waals surface area contributed by atoms with Crippen molar-refractivity contribution in [2.24, 2.45) is 5.92 Å². The number of nitrogens with zero attached hydrogens (tertiary/aromatic N) is 1. The lowest BCUT2D eigenvalue weighted by Crippen LogP contribution is -2.47. The Kier molecular flexibility index (Phi) is 5.98. The van der Waals surface area contributed by atoms with Gasteiger partial charge in [0.05, 0.1) is 26.2 Å². The quantitative estimate of drug-likeness (QED) is 0.839. The van der Waals surface area contributed by atoms with Gasteiger partial charge in [0.1, 0.15) is 5.75 Å². The number of methoxy groups -OCH3 is 2. The molecule has 1 amide bonds. The molecule has 6 heteroatoms. The SMILES string of the molecule is COC(=O)C1CCN([C@@H](C)C(=O)Nc2cccc(OC)c2)CC1. The smallest absolute Gasteiger partial charge is 0.308 e. The average Bonchev–Trinajstić information content (AvgIpc) is 2.60. The summed E-state index contributed by atoms with van der Waals surface area (Å²) in [6, 6.07) is 7.03. The minimum atomic E-state index is -0.250. The number of esters is 1. The van der Waals surface area contributed by atoms with E-state index in [1.54, 1.807) is 13.2 Å². The third-order valence-electron chi connectivity index (χ3n) is 4.33. The molecule has 1 N–H and O–H groups in total. The monoisotopic (exact) mass is 320 g/mol. The highest BCUT2D eigenvalue weighted by atomic mass is 16.5. The first kappa shape index (κ1) is 17.3. The van der Waals surface area contributed by atoms with Crippen molar-refractivity contribution in [3.8, 4) is 5.75 Å². The summed E-state index contributed by atoms with van der Waals surface area (Å²) >= 11 is 0. The van der Waals surface area contributed by atoms with Gasteiger partial charge in [-0.3, -0.25) is 14.5 Å². The standard InChI is InChI=1S/C17H24N2O4/c1-12(19-9-7-13(8-10-19)17(21)23-3)16(20)18-14-5-4-6-15(11-14)22-2/h4-6,11-13H,7-10H2,1-3H3,(H,18,20)/t12-/m0/s1. The fourth-order valence-electron chi connectivity index (χ4n) is 2.80. The van der Waals surface area contributed by atoms with Crippen LogP contribution in [0.5, 0.6) is 5.75 Å². The number of nitrogens with one attached hydrogen (secondary N) is 1. The van der Waals surface area contributed by atoms with E-state index < -0.39 is 0 Å². The number of hydrogen-bond donors (Lipinski definition) is 1. The van der Waals surface area contributed by atoms with Crippen LogP contribution in [0.4, 0.5) is 5.69 Å². The molecule has 0 saturated carbocycles. The number of ether oxygens (including phenoxy) is 2. The summed E-state index contributed by atoms with van der Waals surface area (Å²) in [7, 11) is 3.01. The van der Waals surface area contributed by atoms with Crippen LogP contribution in [-0.2, 0) is 14.3 Å². The summed E-state index contributed by atoms with van der Waals surface area (Å²) in [5.74, 6) is 0.437. The second-order valence-electron chi connectivity index (χ2n) is 5.73. The molecule has 1 atom stereocenters. The lowest BCUT2D eigenvalue weighted by atomic mass is 9.96. The zero-order chi connectivity index (χ0) is 16.8. The number of rotatable bonds is 5. The molecular weight excluding hydrogens is 296 g/mol. The summed E-state index contributed by atoms with van der Waals surface area (Å²) in [6.07, 6.45) is 1.45. The van der Waals surface area contributed by atoms with Crippen LogP contribution >= 0.6 is 0 Å². The van der Waals surface area contributed by atoms with Crippen LogP contribution < -0.4 is 10.1 Å². The molecule has 1 aromatic rings. The number of anilines is 1. The van der Waals surface area contributed by atoms with Gasteiger partial charge in [0.15, 0.2) is 0 Å². The molecule has 1 heterocycles. The van der Waals surface area contributed by atoms with E-state index in [2.05, 4.69) is 10.2 Å². The van der Waals surface area contributed by atoms with E-state index in [4.69, 9.17) is 9.47 Å². The number of carbonyl (C=O) groups is 2. The molecular formula is C17H24N2O4. The molecule has 0 bridgehead atoms. The second-order valence-corrected chi connectivity index (χ2v) is 5.73. The average molecular weight is 320 g/mol. The van der Waals surface area contributed by atoms with Gasteiger partial charge in [0, 0.05) is 11.8 Å². The number of benzene rings is 1. The maximum atomic E-state index is 12.4. The molecule has 1 aromatic carbocycles.